The van der Waals surface area contributed by atoms with Gasteiger partial charge in [-0.15, -0.1) is 11.8 Å². The van der Waals surface area contributed by atoms with Crippen molar-refractivity contribution >= 4 is 81.6 Å². The lowest BCUT2D eigenvalue weighted by Gasteiger charge is -2.10. The zero-order chi connectivity index (χ0) is 20.0. The second-order valence-corrected chi connectivity index (χ2v) is 8.83. The minimum atomic E-state index is -0.400. The van der Waals surface area contributed by atoms with Crippen LogP contribution in [-0.2, 0) is 0 Å². The molecule has 0 saturated heterocycles. The molecule has 1 nitrogen and oxygen atoms in total. The molecule has 0 bridgehead atoms. The lowest BCUT2D eigenvalue weighted by atomic mass is 10.1. The topological polar surface area (TPSA) is 17.1 Å². The highest BCUT2D eigenvalue weighted by atomic mass is 35.5. The predicted molar refractivity (Wildman–Crippen MR) is 122 cm³/mol. The summed E-state index contributed by atoms with van der Waals surface area (Å²) in [6.45, 7) is 2.19. The van der Waals surface area contributed by atoms with Gasteiger partial charge in [0.25, 0.3) is 0 Å². The van der Waals surface area contributed by atoms with E-state index in [0.29, 0.717) is 0 Å². The second kappa shape index (κ2) is 11.0. The first-order chi connectivity index (χ1) is 12.9. The lowest BCUT2D eigenvalue weighted by molar-refractivity contribution is 0.104. The molecule has 27 heavy (non-hydrogen) atoms. The minimum absolute atomic E-state index is 0.00827. The molecule has 7 heteroatoms. The Hall–Kier alpha value is -0.350. The molecule has 0 aromatic heterocycles. The van der Waals surface area contributed by atoms with E-state index in [1.54, 1.807) is 6.08 Å². The lowest BCUT2D eigenvalue weighted by Crippen LogP contribution is -1.99. The summed E-state index contributed by atoms with van der Waals surface area (Å²) in [6, 6.07) is 7.99. The zero-order valence-electron chi connectivity index (χ0n) is 14.5. The van der Waals surface area contributed by atoms with E-state index in [9.17, 15) is 4.79 Å². The summed E-state index contributed by atoms with van der Waals surface area (Å²) in [6.07, 6.45) is 6.76. The van der Waals surface area contributed by atoms with Crippen LogP contribution in [0.15, 0.2) is 35.2 Å². The number of thioether (sulfide) groups is 1. The molecule has 0 saturated carbocycles. The number of rotatable bonds is 8. The van der Waals surface area contributed by atoms with Gasteiger partial charge in [-0.3, -0.25) is 4.79 Å². The molecule has 0 unspecified atom stereocenters. The largest absolute Gasteiger partial charge is 0.289 e. The number of hydrogen-bond donors (Lipinski definition) is 0. The summed E-state index contributed by atoms with van der Waals surface area (Å²) < 4.78 is 0. The number of allylic oxidation sites excluding steroid dienone is 1. The van der Waals surface area contributed by atoms with Crippen LogP contribution in [0.2, 0.25) is 25.1 Å². The molecule has 0 fully saturated rings. The number of halogens is 5. The molecule has 2 aromatic rings. The van der Waals surface area contributed by atoms with Gasteiger partial charge in [-0.1, -0.05) is 96.0 Å². The average Bonchev–Trinajstić information content (AvgIpc) is 2.67. The van der Waals surface area contributed by atoms with Crippen LogP contribution in [0, 0.1) is 0 Å². The van der Waals surface area contributed by atoms with Gasteiger partial charge in [0.2, 0.25) is 0 Å². The fourth-order valence-corrected chi connectivity index (χ4v) is 4.53. The quantitative estimate of drug-likeness (QED) is 0.0932. The Kier molecular flexibility index (Phi) is 9.34. The van der Waals surface area contributed by atoms with E-state index >= 15 is 0 Å². The molecule has 0 amide bonds. The smallest absolute Gasteiger partial charge is 0.188 e. The Morgan fingerprint density at radius 3 is 2.00 bits per heavy atom. The van der Waals surface area contributed by atoms with E-state index in [-0.39, 0.29) is 30.7 Å². The van der Waals surface area contributed by atoms with Crippen LogP contribution in [-0.4, -0.2) is 11.5 Å². The Labute approximate surface area is 189 Å². The molecule has 0 aliphatic carbocycles. The van der Waals surface area contributed by atoms with Gasteiger partial charge in [-0.05, 0) is 35.9 Å². The fraction of sp³-hybridized carbons (Fsp3) is 0.250. The van der Waals surface area contributed by atoms with Gasteiger partial charge >= 0.3 is 0 Å². The number of ketones is 1. The molecular weight excluding hydrogens is 466 g/mol. The van der Waals surface area contributed by atoms with Crippen LogP contribution in [0.4, 0.5) is 0 Å². The van der Waals surface area contributed by atoms with E-state index in [1.807, 2.05) is 36.0 Å². The van der Waals surface area contributed by atoms with Crippen molar-refractivity contribution in [3.63, 3.8) is 0 Å². The first-order valence-electron chi connectivity index (χ1n) is 8.33. The van der Waals surface area contributed by atoms with Gasteiger partial charge in [-0.25, -0.2) is 0 Å². The normalized spacial score (nSPS) is 11.3. The highest BCUT2D eigenvalue weighted by molar-refractivity contribution is 7.99. The van der Waals surface area contributed by atoms with Crippen LogP contribution < -0.4 is 0 Å². The zero-order valence-corrected chi connectivity index (χ0v) is 19.1. The van der Waals surface area contributed by atoms with Crippen molar-refractivity contribution < 1.29 is 4.79 Å². The van der Waals surface area contributed by atoms with Crippen LogP contribution in [0.1, 0.15) is 42.1 Å². The maximum atomic E-state index is 12.5. The summed E-state index contributed by atoms with van der Waals surface area (Å²) in [5, 5.41) is 0.0258. The number of carbonyl (C=O) groups excluding carboxylic acids is 1. The molecule has 0 atom stereocenters. The summed E-state index contributed by atoms with van der Waals surface area (Å²) in [4.78, 5) is 13.7. The first-order valence-corrected chi connectivity index (χ1v) is 11.2. The SMILES string of the molecule is CCCCCSc1ccc(/C=C/C(=O)c2c(Cl)c(Cl)c(Cl)c(Cl)c2Cl)cc1. The van der Waals surface area contributed by atoms with Crippen molar-refractivity contribution in [2.75, 3.05) is 5.75 Å². The second-order valence-electron chi connectivity index (χ2n) is 5.77. The van der Waals surface area contributed by atoms with Crippen LogP contribution in [0.3, 0.4) is 0 Å². The van der Waals surface area contributed by atoms with Crippen molar-refractivity contribution in [2.24, 2.45) is 0 Å². The van der Waals surface area contributed by atoms with E-state index in [0.717, 1.165) is 11.3 Å². The van der Waals surface area contributed by atoms with E-state index in [2.05, 4.69) is 6.92 Å². The molecule has 2 rings (SSSR count). The van der Waals surface area contributed by atoms with Crippen molar-refractivity contribution in [1.29, 1.82) is 0 Å². The molecule has 0 heterocycles. The maximum absolute atomic E-state index is 12.5. The van der Waals surface area contributed by atoms with Crippen molar-refractivity contribution in [3.8, 4) is 0 Å². The molecule has 0 aliphatic heterocycles. The molecule has 0 radical (unpaired) electrons. The number of unbranched alkanes of at least 4 members (excludes halogenated alkanes) is 2. The van der Waals surface area contributed by atoms with Crippen LogP contribution in [0.5, 0.6) is 0 Å². The standard InChI is InChI=1S/C20H17Cl5OS/c1-2-3-4-11-27-13-8-5-12(6-9-13)7-10-14(26)15-16(21)18(23)20(25)19(24)17(15)22/h5-10H,2-4,11H2,1H3/b10-7+. The van der Waals surface area contributed by atoms with Gasteiger partial charge in [0, 0.05) is 4.90 Å². The summed E-state index contributed by atoms with van der Waals surface area (Å²) in [5.74, 6) is 0.708. The summed E-state index contributed by atoms with van der Waals surface area (Å²) >= 11 is 32.1. The Bertz CT molecular complexity index is 817. The van der Waals surface area contributed by atoms with Gasteiger partial charge in [0.1, 0.15) is 0 Å². The molecule has 144 valence electrons. The summed E-state index contributed by atoms with van der Waals surface area (Å²) in [5.41, 5.74) is 0.928. The van der Waals surface area contributed by atoms with Gasteiger partial charge in [0.15, 0.2) is 5.78 Å². The molecule has 2 aromatic carbocycles. The van der Waals surface area contributed by atoms with Crippen LogP contribution >= 0.6 is 69.8 Å². The third kappa shape index (κ3) is 6.06. The average molecular weight is 483 g/mol. The van der Waals surface area contributed by atoms with Gasteiger partial charge in [-0.2, -0.15) is 0 Å². The number of hydrogen-bond acceptors (Lipinski definition) is 2. The summed E-state index contributed by atoms with van der Waals surface area (Å²) in [7, 11) is 0. The predicted octanol–water partition coefficient (Wildman–Crippen LogP) is 9.13. The maximum Gasteiger partial charge on any atom is 0.188 e. The Morgan fingerprint density at radius 1 is 0.889 bits per heavy atom. The van der Waals surface area contributed by atoms with E-state index in [4.69, 9.17) is 58.0 Å². The first kappa shape index (κ1) is 22.9. The Balaban J connectivity index is 2.11. The third-order valence-electron chi connectivity index (χ3n) is 3.78. The highest BCUT2D eigenvalue weighted by Crippen LogP contribution is 2.44. The van der Waals surface area contributed by atoms with Crippen molar-refractivity contribution in [1.82, 2.24) is 0 Å². The molecule has 0 aliphatic rings. The number of benzene rings is 2. The van der Waals surface area contributed by atoms with Crippen molar-refractivity contribution in [2.45, 2.75) is 31.1 Å². The van der Waals surface area contributed by atoms with Gasteiger partial charge in [0.05, 0.1) is 30.7 Å². The van der Waals surface area contributed by atoms with E-state index in [1.165, 1.54) is 30.2 Å². The molecular formula is C20H17Cl5OS. The monoisotopic (exact) mass is 480 g/mol. The third-order valence-corrected chi connectivity index (χ3v) is 7.16. The number of carbonyl (C=O) groups is 1. The fourth-order valence-electron chi connectivity index (χ4n) is 2.29. The highest BCUT2D eigenvalue weighted by Gasteiger charge is 2.22. The minimum Gasteiger partial charge on any atom is -0.289 e. The van der Waals surface area contributed by atoms with Crippen LogP contribution in [0.25, 0.3) is 6.08 Å². The molecule has 0 N–H and O–H groups in total. The van der Waals surface area contributed by atoms with Crippen molar-refractivity contribution in [3.05, 3.63) is 66.6 Å². The van der Waals surface area contributed by atoms with Gasteiger partial charge < -0.3 is 0 Å². The van der Waals surface area contributed by atoms with E-state index < -0.39 is 5.78 Å². The molecule has 0 spiro atoms. The Morgan fingerprint density at radius 2 is 1.44 bits per heavy atom.